The van der Waals surface area contributed by atoms with E-state index in [4.69, 9.17) is 0 Å². The van der Waals surface area contributed by atoms with Crippen molar-refractivity contribution in [3.63, 3.8) is 0 Å². The minimum Gasteiger partial charge on any atom is -0.354 e. The van der Waals surface area contributed by atoms with Gasteiger partial charge in [-0.3, -0.25) is 19.4 Å². The third kappa shape index (κ3) is 3.64. The summed E-state index contributed by atoms with van der Waals surface area (Å²) >= 11 is 0. The fraction of sp³-hybridized carbons (Fsp3) is 0.300. The lowest BCUT2D eigenvalue weighted by Gasteiger charge is -2.20. The third-order valence-electron chi connectivity index (χ3n) is 4.67. The fourth-order valence-corrected chi connectivity index (χ4v) is 3.11. The summed E-state index contributed by atoms with van der Waals surface area (Å²) in [5.74, 6) is -0.330. The molecule has 1 aromatic heterocycles. The Bertz CT molecular complexity index is 859. The van der Waals surface area contributed by atoms with Crippen LogP contribution in [0.15, 0.2) is 36.5 Å². The maximum atomic E-state index is 12.8. The monoisotopic (exact) mass is 351 g/mol. The second-order valence-electron chi connectivity index (χ2n) is 6.34. The Labute approximate surface area is 152 Å². The summed E-state index contributed by atoms with van der Waals surface area (Å²) in [4.78, 5) is 41.7. The van der Waals surface area contributed by atoms with Crippen molar-refractivity contribution in [3.8, 4) is 0 Å². The Morgan fingerprint density at radius 2 is 1.69 bits per heavy atom. The zero-order valence-corrected chi connectivity index (χ0v) is 14.9. The summed E-state index contributed by atoms with van der Waals surface area (Å²) < 4.78 is 0. The summed E-state index contributed by atoms with van der Waals surface area (Å²) in [7, 11) is 1.54. The molecule has 2 heterocycles. The molecule has 1 aliphatic heterocycles. The molecule has 0 saturated carbocycles. The molecule has 0 aliphatic carbocycles. The van der Waals surface area contributed by atoms with Gasteiger partial charge in [0.05, 0.1) is 5.56 Å². The predicted molar refractivity (Wildman–Crippen MR) is 97.4 cm³/mol. The van der Waals surface area contributed by atoms with Gasteiger partial charge in [-0.15, -0.1) is 0 Å². The Hall–Kier alpha value is -3.02. The molecule has 0 spiro atoms. The van der Waals surface area contributed by atoms with Crippen molar-refractivity contribution in [1.29, 1.82) is 0 Å². The highest BCUT2D eigenvalue weighted by Gasteiger charge is 2.21. The van der Waals surface area contributed by atoms with Gasteiger partial charge < -0.3 is 10.2 Å². The number of nitrogens with one attached hydrogen (secondary N) is 1. The lowest BCUT2D eigenvalue weighted by Crippen LogP contribution is -2.33. The lowest BCUT2D eigenvalue weighted by atomic mass is 9.99. The summed E-state index contributed by atoms with van der Waals surface area (Å²) in [5.41, 5.74) is 3.76. The SMILES string of the molecule is CNC(=O)c1ccc(C(=O)N2CCc3ccc(C(C)=O)cc3CC2)cn1. The van der Waals surface area contributed by atoms with Crippen molar-refractivity contribution in [3.05, 3.63) is 64.5 Å². The van der Waals surface area contributed by atoms with E-state index in [0.29, 0.717) is 30.6 Å². The van der Waals surface area contributed by atoms with E-state index in [1.807, 2.05) is 18.2 Å². The number of carbonyl (C=O) groups excluding carboxylic acids is 3. The first kappa shape index (κ1) is 17.8. The van der Waals surface area contributed by atoms with Gasteiger partial charge in [0.25, 0.3) is 11.8 Å². The second kappa shape index (κ2) is 7.47. The van der Waals surface area contributed by atoms with Crippen LogP contribution in [0.25, 0.3) is 0 Å². The largest absolute Gasteiger partial charge is 0.354 e. The summed E-state index contributed by atoms with van der Waals surface area (Å²) in [6, 6.07) is 8.95. The van der Waals surface area contributed by atoms with Crippen molar-refractivity contribution in [2.75, 3.05) is 20.1 Å². The molecule has 0 atom stereocenters. The topological polar surface area (TPSA) is 79.4 Å². The fourth-order valence-electron chi connectivity index (χ4n) is 3.11. The number of Topliss-reactive ketones (excluding diaryl/α,β-unsaturated/α-hetero) is 1. The van der Waals surface area contributed by atoms with Crippen LogP contribution in [0.4, 0.5) is 0 Å². The molecule has 26 heavy (non-hydrogen) atoms. The zero-order valence-electron chi connectivity index (χ0n) is 14.9. The molecular weight excluding hydrogens is 330 g/mol. The maximum absolute atomic E-state index is 12.8. The number of hydrogen-bond acceptors (Lipinski definition) is 4. The predicted octanol–water partition coefficient (Wildman–Crippen LogP) is 1.88. The first-order chi connectivity index (χ1) is 12.5. The molecule has 0 radical (unpaired) electrons. The van der Waals surface area contributed by atoms with Gasteiger partial charge in [0.2, 0.25) is 0 Å². The first-order valence-electron chi connectivity index (χ1n) is 8.59. The average Bonchev–Trinajstić information content (AvgIpc) is 2.89. The molecule has 0 fully saturated rings. The molecule has 0 unspecified atom stereocenters. The van der Waals surface area contributed by atoms with Crippen LogP contribution in [0, 0.1) is 0 Å². The van der Waals surface area contributed by atoms with Crippen molar-refractivity contribution < 1.29 is 14.4 Å². The van der Waals surface area contributed by atoms with Gasteiger partial charge in [0.1, 0.15) is 5.69 Å². The number of pyridine rings is 1. The quantitative estimate of drug-likeness (QED) is 0.857. The third-order valence-corrected chi connectivity index (χ3v) is 4.67. The minimum atomic E-state index is -0.282. The Balaban J connectivity index is 1.74. The van der Waals surface area contributed by atoms with Gasteiger partial charge in [-0.25, -0.2) is 0 Å². The van der Waals surface area contributed by atoms with Gasteiger partial charge in [0, 0.05) is 31.9 Å². The molecule has 1 aromatic carbocycles. The van der Waals surface area contributed by atoms with Crippen molar-refractivity contribution in [1.82, 2.24) is 15.2 Å². The number of aromatic nitrogens is 1. The van der Waals surface area contributed by atoms with E-state index in [9.17, 15) is 14.4 Å². The van der Waals surface area contributed by atoms with Gasteiger partial charge in [-0.1, -0.05) is 12.1 Å². The summed E-state index contributed by atoms with van der Waals surface area (Å²) in [6.45, 7) is 2.76. The Kier molecular flexibility index (Phi) is 5.11. The number of amides is 2. The Morgan fingerprint density at radius 1 is 1.00 bits per heavy atom. The molecule has 6 nitrogen and oxygen atoms in total. The number of fused-ring (bicyclic) bond motifs is 1. The number of benzene rings is 1. The van der Waals surface area contributed by atoms with E-state index in [1.54, 1.807) is 24.0 Å². The van der Waals surface area contributed by atoms with E-state index in [-0.39, 0.29) is 23.3 Å². The van der Waals surface area contributed by atoms with Crippen molar-refractivity contribution in [2.45, 2.75) is 19.8 Å². The van der Waals surface area contributed by atoms with Gasteiger partial charge in [0.15, 0.2) is 5.78 Å². The van der Waals surface area contributed by atoms with E-state index < -0.39 is 0 Å². The molecule has 1 aliphatic rings. The van der Waals surface area contributed by atoms with Crippen LogP contribution in [0.3, 0.4) is 0 Å². The van der Waals surface area contributed by atoms with Crippen molar-refractivity contribution >= 4 is 17.6 Å². The number of hydrogen-bond donors (Lipinski definition) is 1. The van der Waals surface area contributed by atoms with Crippen LogP contribution >= 0.6 is 0 Å². The van der Waals surface area contributed by atoms with Crippen LogP contribution in [0.1, 0.15) is 49.3 Å². The maximum Gasteiger partial charge on any atom is 0.269 e. The number of rotatable bonds is 3. The molecule has 134 valence electrons. The molecule has 6 heteroatoms. The molecule has 3 rings (SSSR count). The first-order valence-corrected chi connectivity index (χ1v) is 8.59. The van der Waals surface area contributed by atoms with Gasteiger partial charge in [-0.2, -0.15) is 0 Å². The van der Waals surface area contributed by atoms with E-state index >= 15 is 0 Å². The van der Waals surface area contributed by atoms with E-state index in [0.717, 1.165) is 12.0 Å². The molecule has 2 amide bonds. The zero-order chi connectivity index (χ0) is 18.7. The smallest absolute Gasteiger partial charge is 0.269 e. The molecule has 0 saturated heterocycles. The van der Waals surface area contributed by atoms with Crippen LogP contribution in [0.5, 0.6) is 0 Å². The van der Waals surface area contributed by atoms with E-state index in [2.05, 4.69) is 10.3 Å². The van der Waals surface area contributed by atoms with Crippen LogP contribution in [-0.4, -0.2) is 47.6 Å². The molecular formula is C20H21N3O3. The van der Waals surface area contributed by atoms with Gasteiger partial charge >= 0.3 is 0 Å². The van der Waals surface area contributed by atoms with Crippen LogP contribution in [-0.2, 0) is 12.8 Å². The number of ketones is 1. The highest BCUT2D eigenvalue weighted by molar-refractivity contribution is 5.96. The molecule has 1 N–H and O–H groups in total. The summed E-state index contributed by atoms with van der Waals surface area (Å²) in [5, 5.41) is 2.50. The van der Waals surface area contributed by atoms with Crippen LogP contribution < -0.4 is 5.32 Å². The average molecular weight is 351 g/mol. The minimum absolute atomic E-state index is 0.0484. The van der Waals surface area contributed by atoms with Crippen LogP contribution in [0.2, 0.25) is 0 Å². The summed E-state index contributed by atoms with van der Waals surface area (Å²) in [6.07, 6.45) is 2.91. The highest BCUT2D eigenvalue weighted by atomic mass is 16.2. The van der Waals surface area contributed by atoms with E-state index in [1.165, 1.54) is 18.8 Å². The normalized spacial score (nSPS) is 13.5. The Morgan fingerprint density at radius 3 is 2.31 bits per heavy atom. The van der Waals surface area contributed by atoms with Crippen molar-refractivity contribution in [2.24, 2.45) is 0 Å². The molecule has 0 bridgehead atoms. The number of nitrogens with zero attached hydrogens (tertiary/aromatic N) is 2. The van der Waals surface area contributed by atoms with Gasteiger partial charge in [-0.05, 0) is 49.1 Å². The molecule has 2 aromatic rings. The number of carbonyl (C=O) groups is 3. The standard InChI is InChI=1S/C20H21N3O3/c1-13(24)15-4-3-14-7-9-23(10-8-16(14)11-15)20(26)17-5-6-18(22-12-17)19(25)21-2/h3-6,11-12H,7-10H2,1-2H3,(H,21,25). The lowest BCUT2D eigenvalue weighted by molar-refractivity contribution is 0.0761. The highest BCUT2D eigenvalue weighted by Crippen LogP contribution is 2.19. The second-order valence-corrected chi connectivity index (χ2v) is 6.34.